The number of hydrogen-bond donors (Lipinski definition) is 1. The maximum Gasteiger partial charge on any atom is 0.276 e. The van der Waals surface area contributed by atoms with Gasteiger partial charge in [0.1, 0.15) is 0 Å². The molecular weight excluding hydrogens is 180 g/mol. The fourth-order valence-electron chi connectivity index (χ4n) is 1.45. The topological polar surface area (TPSA) is 51.2 Å². The normalized spacial score (nSPS) is 14.2. The molecule has 1 aromatic heterocycles. The van der Waals surface area contributed by atoms with Gasteiger partial charge in [0.25, 0.3) is 5.91 Å². The van der Waals surface area contributed by atoms with Gasteiger partial charge in [-0.05, 0) is 18.1 Å². The zero-order chi connectivity index (χ0) is 9.97. The van der Waals surface area contributed by atoms with Crippen molar-refractivity contribution in [1.82, 2.24) is 10.3 Å². The van der Waals surface area contributed by atoms with Crippen LogP contribution in [0, 0.1) is 0 Å². The number of fused-ring (bicyclic) bond motifs is 1. The van der Waals surface area contributed by atoms with Crippen LogP contribution in [0.5, 0.6) is 5.75 Å². The second kappa shape index (κ2) is 3.65. The zero-order valence-corrected chi connectivity index (χ0v) is 8.04. The summed E-state index contributed by atoms with van der Waals surface area (Å²) in [6, 6.07) is 1.89. The Bertz CT molecular complexity index is 363. The second-order valence-corrected chi connectivity index (χ2v) is 3.23. The van der Waals surface area contributed by atoms with Gasteiger partial charge in [0.05, 0.1) is 0 Å². The number of aromatic nitrogens is 1. The number of aryl methyl sites for hydroxylation is 1. The molecule has 4 heteroatoms. The Hall–Kier alpha value is -1.58. The van der Waals surface area contributed by atoms with Crippen LogP contribution in [-0.2, 0) is 6.42 Å². The fourth-order valence-corrected chi connectivity index (χ4v) is 1.45. The highest BCUT2D eigenvalue weighted by Crippen LogP contribution is 2.20. The molecule has 0 bridgehead atoms. The van der Waals surface area contributed by atoms with Gasteiger partial charge in [-0.25, -0.2) is 4.98 Å². The highest BCUT2D eigenvalue weighted by Gasteiger charge is 2.19. The summed E-state index contributed by atoms with van der Waals surface area (Å²) in [4.78, 5) is 15.4. The van der Waals surface area contributed by atoms with Crippen molar-refractivity contribution in [3.8, 4) is 5.75 Å². The molecule has 0 fully saturated rings. The van der Waals surface area contributed by atoms with E-state index in [0.29, 0.717) is 11.4 Å². The van der Waals surface area contributed by atoms with Gasteiger partial charge in [-0.1, -0.05) is 13.3 Å². The quantitative estimate of drug-likeness (QED) is 0.763. The van der Waals surface area contributed by atoms with Gasteiger partial charge in [-0.15, -0.1) is 0 Å². The second-order valence-electron chi connectivity index (χ2n) is 3.23. The SMILES string of the molecule is CCCc1cnc2c(c1)OCNC2=O. The van der Waals surface area contributed by atoms with E-state index in [2.05, 4.69) is 17.2 Å². The molecule has 0 aromatic carbocycles. The van der Waals surface area contributed by atoms with E-state index in [4.69, 9.17) is 4.74 Å². The number of carbonyl (C=O) groups is 1. The third-order valence-electron chi connectivity index (χ3n) is 2.12. The van der Waals surface area contributed by atoms with Crippen LogP contribution < -0.4 is 10.1 Å². The molecule has 0 spiro atoms. The minimum Gasteiger partial charge on any atom is -0.471 e. The summed E-state index contributed by atoms with van der Waals surface area (Å²) in [5.74, 6) is 0.439. The van der Waals surface area contributed by atoms with E-state index >= 15 is 0 Å². The highest BCUT2D eigenvalue weighted by molar-refractivity contribution is 5.95. The van der Waals surface area contributed by atoms with Crippen molar-refractivity contribution in [3.63, 3.8) is 0 Å². The molecular formula is C10H12N2O2. The molecule has 1 aromatic rings. The van der Waals surface area contributed by atoms with Gasteiger partial charge in [0.15, 0.2) is 18.2 Å². The van der Waals surface area contributed by atoms with Crippen LogP contribution in [0.15, 0.2) is 12.3 Å². The van der Waals surface area contributed by atoms with Crippen molar-refractivity contribution in [1.29, 1.82) is 0 Å². The van der Waals surface area contributed by atoms with E-state index in [0.717, 1.165) is 18.4 Å². The standard InChI is InChI=1S/C10H12N2O2/c1-2-3-7-4-8-9(11-5-7)10(13)12-6-14-8/h4-5H,2-3,6H2,1H3,(H,12,13). The predicted octanol–water partition coefficient (Wildman–Crippen LogP) is 1.11. The summed E-state index contributed by atoms with van der Waals surface area (Å²) in [7, 11) is 0. The average Bonchev–Trinajstić information content (AvgIpc) is 2.18. The van der Waals surface area contributed by atoms with E-state index in [9.17, 15) is 4.79 Å². The smallest absolute Gasteiger partial charge is 0.276 e. The van der Waals surface area contributed by atoms with Crippen LogP contribution in [0.25, 0.3) is 0 Å². The minimum atomic E-state index is -0.158. The van der Waals surface area contributed by atoms with Gasteiger partial charge in [0.2, 0.25) is 0 Å². The lowest BCUT2D eigenvalue weighted by molar-refractivity contribution is 0.0876. The molecule has 2 rings (SSSR count). The summed E-state index contributed by atoms with van der Waals surface area (Å²) in [5.41, 5.74) is 1.50. The number of ether oxygens (including phenoxy) is 1. The van der Waals surface area contributed by atoms with Crippen LogP contribution in [0.2, 0.25) is 0 Å². The number of pyridine rings is 1. The first-order chi connectivity index (χ1) is 6.81. The molecule has 0 aliphatic carbocycles. The molecule has 1 aliphatic rings. The highest BCUT2D eigenvalue weighted by atomic mass is 16.5. The van der Waals surface area contributed by atoms with E-state index in [1.54, 1.807) is 6.20 Å². The Morgan fingerprint density at radius 1 is 1.64 bits per heavy atom. The predicted molar refractivity (Wildman–Crippen MR) is 51.2 cm³/mol. The van der Waals surface area contributed by atoms with Crippen molar-refractivity contribution >= 4 is 5.91 Å². The first-order valence-corrected chi connectivity index (χ1v) is 4.71. The molecule has 0 saturated carbocycles. The van der Waals surface area contributed by atoms with Crippen LogP contribution >= 0.6 is 0 Å². The number of hydrogen-bond acceptors (Lipinski definition) is 3. The lowest BCUT2D eigenvalue weighted by Gasteiger charge is -2.17. The molecule has 1 N–H and O–H groups in total. The molecule has 0 saturated heterocycles. The Labute approximate surface area is 82.3 Å². The van der Waals surface area contributed by atoms with Crippen LogP contribution in [0.4, 0.5) is 0 Å². The first-order valence-electron chi connectivity index (χ1n) is 4.71. The molecule has 4 nitrogen and oxygen atoms in total. The minimum absolute atomic E-state index is 0.158. The Balaban J connectivity index is 2.34. The Morgan fingerprint density at radius 2 is 2.50 bits per heavy atom. The third-order valence-corrected chi connectivity index (χ3v) is 2.12. The van der Waals surface area contributed by atoms with E-state index in [-0.39, 0.29) is 12.6 Å². The van der Waals surface area contributed by atoms with Gasteiger partial charge in [-0.3, -0.25) is 4.79 Å². The molecule has 74 valence electrons. The summed E-state index contributed by atoms with van der Waals surface area (Å²) in [6.45, 7) is 2.34. The molecule has 1 aliphatic heterocycles. The first kappa shape index (κ1) is 8.99. The van der Waals surface area contributed by atoms with Crippen LogP contribution in [-0.4, -0.2) is 17.6 Å². The molecule has 0 atom stereocenters. The molecule has 1 amide bonds. The monoisotopic (exact) mass is 192 g/mol. The summed E-state index contributed by atoms with van der Waals surface area (Å²) in [5, 5.41) is 2.57. The zero-order valence-electron chi connectivity index (χ0n) is 8.04. The molecule has 2 heterocycles. The lowest BCUT2D eigenvalue weighted by Crippen LogP contribution is -2.33. The van der Waals surface area contributed by atoms with Crippen LogP contribution in [0.1, 0.15) is 29.4 Å². The van der Waals surface area contributed by atoms with Crippen molar-refractivity contribution in [2.24, 2.45) is 0 Å². The van der Waals surface area contributed by atoms with Crippen molar-refractivity contribution in [2.75, 3.05) is 6.73 Å². The fraction of sp³-hybridized carbons (Fsp3) is 0.400. The number of carbonyl (C=O) groups excluding carboxylic acids is 1. The van der Waals surface area contributed by atoms with Gasteiger partial charge in [-0.2, -0.15) is 0 Å². The third kappa shape index (κ3) is 1.55. The number of rotatable bonds is 2. The van der Waals surface area contributed by atoms with Gasteiger partial charge >= 0.3 is 0 Å². The van der Waals surface area contributed by atoms with E-state index < -0.39 is 0 Å². The number of amides is 1. The van der Waals surface area contributed by atoms with Crippen molar-refractivity contribution in [3.05, 3.63) is 23.5 Å². The van der Waals surface area contributed by atoms with Crippen molar-refractivity contribution < 1.29 is 9.53 Å². The average molecular weight is 192 g/mol. The maximum atomic E-state index is 11.3. The van der Waals surface area contributed by atoms with Gasteiger partial charge in [0, 0.05) is 6.20 Å². The largest absolute Gasteiger partial charge is 0.471 e. The number of nitrogens with zero attached hydrogens (tertiary/aromatic N) is 1. The summed E-state index contributed by atoms with van der Waals surface area (Å²) < 4.78 is 5.29. The van der Waals surface area contributed by atoms with Crippen LogP contribution in [0.3, 0.4) is 0 Å². The Kier molecular flexibility index (Phi) is 2.35. The maximum absolute atomic E-state index is 11.3. The van der Waals surface area contributed by atoms with E-state index in [1.807, 2.05) is 6.07 Å². The van der Waals surface area contributed by atoms with E-state index in [1.165, 1.54) is 0 Å². The molecule has 0 unspecified atom stereocenters. The Morgan fingerprint density at radius 3 is 3.29 bits per heavy atom. The number of nitrogens with one attached hydrogen (secondary N) is 1. The lowest BCUT2D eigenvalue weighted by atomic mass is 10.1. The molecule has 0 radical (unpaired) electrons. The summed E-state index contributed by atoms with van der Waals surface area (Å²) >= 11 is 0. The van der Waals surface area contributed by atoms with Crippen molar-refractivity contribution in [2.45, 2.75) is 19.8 Å². The summed E-state index contributed by atoms with van der Waals surface area (Å²) in [6.07, 6.45) is 3.76. The van der Waals surface area contributed by atoms with Gasteiger partial charge < -0.3 is 10.1 Å². The molecule has 14 heavy (non-hydrogen) atoms.